The first kappa shape index (κ1) is 21.7. The molecule has 3 aliphatic heterocycles. The van der Waals surface area contributed by atoms with Crippen LogP contribution in [-0.4, -0.2) is 96.4 Å². The van der Waals surface area contributed by atoms with Gasteiger partial charge >= 0.3 is 0 Å². The average Bonchev–Trinajstić information content (AvgIpc) is 2.37. The van der Waals surface area contributed by atoms with Gasteiger partial charge in [-0.05, 0) is 13.8 Å². The minimum absolute atomic E-state index is 1.36. The second-order valence-corrected chi connectivity index (χ2v) is 7.22. The number of nitrogens with zero attached hydrogens (tertiary/aromatic N) is 2. The summed E-state index contributed by atoms with van der Waals surface area (Å²) in [5, 5.41) is 0. The van der Waals surface area contributed by atoms with Crippen LogP contribution in [0.3, 0.4) is 0 Å². The first-order valence-electron chi connectivity index (χ1n) is 6.81. The molecule has 0 aromatic heterocycles. The largest absolute Gasteiger partial charge is 0.726 e. The molecular weight excluding hydrogens is 340 g/mol. The van der Waals surface area contributed by atoms with Crippen molar-refractivity contribution < 1.29 is 44.0 Å². The summed E-state index contributed by atoms with van der Waals surface area (Å²) in [6.07, 6.45) is 0. The molecule has 3 heterocycles. The smallest absolute Gasteiger partial charge is 0.215 e. The van der Waals surface area contributed by atoms with Gasteiger partial charge in [0.05, 0.1) is 13.1 Å². The van der Waals surface area contributed by atoms with Crippen molar-refractivity contribution in [1.29, 1.82) is 0 Å². The molecule has 3 saturated heterocycles. The van der Waals surface area contributed by atoms with Crippen LogP contribution in [0.15, 0.2) is 0 Å². The molecule has 3 fully saturated rings. The van der Waals surface area contributed by atoms with E-state index in [1.54, 1.807) is 0 Å². The monoisotopic (exact) mass is 364 g/mol. The zero-order valence-corrected chi connectivity index (χ0v) is 14.3. The van der Waals surface area contributed by atoms with Crippen LogP contribution < -0.4 is 0 Å². The van der Waals surface area contributed by atoms with Gasteiger partial charge < -0.3 is 18.1 Å². The summed E-state index contributed by atoms with van der Waals surface area (Å²) in [7, 11) is -9.83. The SMILES string of the molecule is CC[N+]12CC[N+](CC)(CC1)CC2.O=S(=O)([O-])O.O=S(=O)([O-])O. The third-order valence-electron chi connectivity index (χ3n) is 4.49. The van der Waals surface area contributed by atoms with E-state index in [9.17, 15) is 0 Å². The molecule has 0 aliphatic carbocycles. The van der Waals surface area contributed by atoms with E-state index >= 15 is 0 Å². The number of piperazine rings is 3. The quantitative estimate of drug-likeness (QED) is 0.348. The van der Waals surface area contributed by atoms with Gasteiger partial charge in [0.25, 0.3) is 0 Å². The Morgan fingerprint density at radius 2 is 0.864 bits per heavy atom. The van der Waals surface area contributed by atoms with E-state index in [-0.39, 0.29) is 0 Å². The predicted molar refractivity (Wildman–Crippen MR) is 75.5 cm³/mol. The fourth-order valence-corrected chi connectivity index (χ4v) is 2.89. The predicted octanol–water partition coefficient (Wildman–Crippen LogP) is -1.30. The minimum Gasteiger partial charge on any atom is -0.726 e. The maximum absolute atomic E-state index is 8.63. The normalized spacial score (nSPS) is 30.6. The molecule has 0 aromatic rings. The zero-order chi connectivity index (χ0) is 17.7. The van der Waals surface area contributed by atoms with Crippen molar-refractivity contribution in [3.05, 3.63) is 0 Å². The van der Waals surface area contributed by atoms with Crippen molar-refractivity contribution in [3.63, 3.8) is 0 Å². The van der Waals surface area contributed by atoms with Gasteiger partial charge in [0.1, 0.15) is 39.3 Å². The summed E-state index contributed by atoms with van der Waals surface area (Å²) in [6, 6.07) is 0. The molecule has 0 aromatic carbocycles. The maximum atomic E-state index is 8.63. The first-order chi connectivity index (χ1) is 9.74. The van der Waals surface area contributed by atoms with Gasteiger partial charge in [-0.15, -0.1) is 0 Å². The molecular formula is C10H24N2O8S2. The summed E-state index contributed by atoms with van der Waals surface area (Å²) in [5.41, 5.74) is 0. The molecule has 0 radical (unpaired) electrons. The van der Waals surface area contributed by atoms with Crippen molar-refractivity contribution in [2.75, 3.05) is 52.4 Å². The lowest BCUT2D eigenvalue weighted by molar-refractivity contribution is -1.08. The van der Waals surface area contributed by atoms with E-state index in [1.165, 1.54) is 61.3 Å². The van der Waals surface area contributed by atoms with Crippen LogP contribution in [0.2, 0.25) is 0 Å². The lowest BCUT2D eigenvalue weighted by atomic mass is 10.1. The van der Waals surface area contributed by atoms with Crippen LogP contribution >= 0.6 is 0 Å². The number of rotatable bonds is 2. The highest BCUT2D eigenvalue weighted by atomic mass is 32.3. The molecule has 10 nitrogen and oxygen atoms in total. The molecule has 0 spiro atoms. The standard InChI is InChI=1S/C10H22N2.2H2O4S/c1-3-11-5-8-12(4-2,9-6-11)10-7-11;2*1-5(2,3)4/h3-10H2,1-2H3;2*(H2,1,2,3,4)/q+2;;/p-2. The summed E-state index contributed by atoms with van der Waals surface area (Å²) in [5.74, 6) is 0. The Hall–Kier alpha value is -0.340. The molecule has 0 atom stereocenters. The highest BCUT2D eigenvalue weighted by molar-refractivity contribution is 7.80. The highest BCUT2D eigenvalue weighted by Gasteiger charge is 2.46. The summed E-state index contributed by atoms with van der Waals surface area (Å²) in [4.78, 5) is 0. The van der Waals surface area contributed by atoms with Crippen LogP contribution in [-0.2, 0) is 20.8 Å². The van der Waals surface area contributed by atoms with Gasteiger partial charge in [-0.25, -0.2) is 16.8 Å². The number of likely N-dealkylation sites (N-methyl/N-ethyl adjacent to an activating group) is 2. The Morgan fingerprint density at radius 3 is 0.955 bits per heavy atom. The Balaban J connectivity index is 0.000000372. The number of quaternary nitrogens is 2. The van der Waals surface area contributed by atoms with Crippen LogP contribution in [0.5, 0.6) is 0 Å². The molecule has 22 heavy (non-hydrogen) atoms. The minimum atomic E-state index is -4.92. The molecule has 134 valence electrons. The van der Waals surface area contributed by atoms with Crippen molar-refractivity contribution in [3.8, 4) is 0 Å². The Kier molecular flexibility index (Phi) is 7.84. The van der Waals surface area contributed by atoms with Gasteiger partial charge in [-0.3, -0.25) is 9.11 Å². The van der Waals surface area contributed by atoms with E-state index in [0.717, 1.165) is 0 Å². The number of fused-ring (bicyclic) bond motifs is 3. The molecule has 2 N–H and O–H groups in total. The lowest BCUT2D eigenvalue weighted by Gasteiger charge is -2.55. The number of hydrogen-bond acceptors (Lipinski definition) is 6. The Morgan fingerprint density at radius 1 is 0.727 bits per heavy atom. The first-order valence-corrected chi connectivity index (χ1v) is 9.54. The maximum Gasteiger partial charge on any atom is 0.215 e. The van der Waals surface area contributed by atoms with Gasteiger partial charge in [-0.2, -0.15) is 0 Å². The van der Waals surface area contributed by atoms with Gasteiger partial charge in [0.15, 0.2) is 0 Å². The van der Waals surface area contributed by atoms with Crippen LogP contribution in [0.25, 0.3) is 0 Å². The van der Waals surface area contributed by atoms with Crippen LogP contribution in [0.1, 0.15) is 13.8 Å². The Bertz CT molecular complexity index is 455. The summed E-state index contributed by atoms with van der Waals surface area (Å²) in [6.45, 7) is 16.1. The highest BCUT2D eigenvalue weighted by Crippen LogP contribution is 2.25. The van der Waals surface area contributed by atoms with E-state index in [4.69, 9.17) is 35.0 Å². The molecule has 12 heteroatoms. The van der Waals surface area contributed by atoms with E-state index in [0.29, 0.717) is 0 Å². The molecule has 3 rings (SSSR count). The number of hydrogen-bond donors (Lipinski definition) is 2. The average molecular weight is 364 g/mol. The molecule has 2 bridgehead atoms. The van der Waals surface area contributed by atoms with E-state index in [2.05, 4.69) is 13.8 Å². The van der Waals surface area contributed by atoms with Crippen molar-refractivity contribution in [2.24, 2.45) is 0 Å². The topological polar surface area (TPSA) is 155 Å². The van der Waals surface area contributed by atoms with Gasteiger partial charge in [-0.1, -0.05) is 0 Å². The fraction of sp³-hybridized carbons (Fsp3) is 1.00. The van der Waals surface area contributed by atoms with Crippen LogP contribution in [0, 0.1) is 0 Å². The van der Waals surface area contributed by atoms with Crippen molar-refractivity contribution in [1.82, 2.24) is 0 Å². The van der Waals surface area contributed by atoms with Gasteiger partial charge in [0, 0.05) is 0 Å². The Labute approximate surface area is 131 Å². The second kappa shape index (κ2) is 7.97. The summed E-state index contributed by atoms with van der Waals surface area (Å²) < 4.78 is 68.5. The lowest BCUT2D eigenvalue weighted by Crippen LogP contribution is -2.74. The second-order valence-electron chi connectivity index (χ2n) is 5.51. The van der Waals surface area contributed by atoms with Crippen molar-refractivity contribution >= 4 is 20.8 Å². The van der Waals surface area contributed by atoms with Crippen molar-refractivity contribution in [2.45, 2.75) is 13.8 Å². The fourth-order valence-electron chi connectivity index (χ4n) is 2.89. The molecule has 0 amide bonds. The molecule has 0 unspecified atom stereocenters. The molecule has 0 saturated carbocycles. The van der Waals surface area contributed by atoms with E-state index < -0.39 is 20.8 Å². The zero-order valence-electron chi connectivity index (χ0n) is 12.7. The molecule has 3 aliphatic rings. The third kappa shape index (κ3) is 9.63. The third-order valence-corrected chi connectivity index (χ3v) is 4.49. The van der Waals surface area contributed by atoms with Gasteiger partial charge in [0.2, 0.25) is 20.8 Å². The van der Waals surface area contributed by atoms with E-state index in [1.807, 2.05) is 0 Å². The van der Waals surface area contributed by atoms with Crippen LogP contribution in [0.4, 0.5) is 0 Å². The summed E-state index contributed by atoms with van der Waals surface area (Å²) >= 11 is 0.